The van der Waals surface area contributed by atoms with Gasteiger partial charge in [0, 0.05) is 31.2 Å². The Kier molecular flexibility index (Phi) is 7.40. The summed E-state index contributed by atoms with van der Waals surface area (Å²) in [5.74, 6) is -0.0435. The SMILES string of the molecule is C[C@@H]1CNC[C@](NC(=O)CN2CC(NC(=O)OC(C)(C)C)C2)(c2ccc(C(F)(F)F)c3ncccc23)C1. The van der Waals surface area contributed by atoms with E-state index in [0.29, 0.717) is 37.0 Å². The largest absolute Gasteiger partial charge is 0.444 e. The third-order valence-corrected chi connectivity index (χ3v) is 6.63. The van der Waals surface area contributed by atoms with Crippen molar-refractivity contribution in [1.29, 1.82) is 0 Å². The van der Waals surface area contributed by atoms with Crippen LogP contribution in [-0.2, 0) is 21.2 Å². The van der Waals surface area contributed by atoms with E-state index in [-0.39, 0.29) is 29.9 Å². The van der Waals surface area contributed by atoms with Crippen LogP contribution in [0, 0.1) is 5.92 Å². The van der Waals surface area contributed by atoms with E-state index in [4.69, 9.17) is 4.74 Å². The number of carbonyl (C=O) groups is 2. The number of nitrogens with zero attached hydrogens (tertiary/aromatic N) is 2. The number of carbonyl (C=O) groups excluding carboxylic acids is 2. The van der Waals surface area contributed by atoms with Crippen LogP contribution in [0.4, 0.5) is 18.0 Å². The average molecular weight is 522 g/mol. The van der Waals surface area contributed by atoms with Crippen molar-refractivity contribution in [2.45, 2.75) is 57.5 Å². The Balaban J connectivity index is 1.50. The number of piperidine rings is 1. The average Bonchev–Trinajstić information content (AvgIpc) is 2.74. The van der Waals surface area contributed by atoms with Gasteiger partial charge in [-0.1, -0.05) is 19.1 Å². The van der Waals surface area contributed by atoms with Gasteiger partial charge in [-0.05, 0) is 57.4 Å². The maximum Gasteiger partial charge on any atom is 0.418 e. The Morgan fingerprint density at radius 1 is 1.22 bits per heavy atom. The highest BCUT2D eigenvalue weighted by atomic mass is 19.4. The lowest BCUT2D eigenvalue weighted by atomic mass is 9.77. The van der Waals surface area contributed by atoms with E-state index in [1.54, 1.807) is 32.9 Å². The van der Waals surface area contributed by atoms with Gasteiger partial charge < -0.3 is 20.7 Å². The van der Waals surface area contributed by atoms with E-state index >= 15 is 0 Å². The zero-order chi connectivity index (χ0) is 27.0. The Morgan fingerprint density at radius 3 is 2.59 bits per heavy atom. The number of pyridine rings is 1. The van der Waals surface area contributed by atoms with Crippen molar-refractivity contribution >= 4 is 22.9 Å². The predicted octanol–water partition coefficient (Wildman–Crippen LogP) is 3.40. The monoisotopic (exact) mass is 521 g/mol. The Hall–Kier alpha value is -2.92. The Labute approximate surface area is 214 Å². The molecule has 2 aliphatic rings. The molecule has 0 bridgehead atoms. The molecule has 0 radical (unpaired) electrons. The van der Waals surface area contributed by atoms with Crippen LogP contribution >= 0.6 is 0 Å². The highest BCUT2D eigenvalue weighted by Gasteiger charge is 2.42. The number of alkyl halides is 3. The maximum atomic E-state index is 13.7. The van der Waals surface area contributed by atoms with E-state index in [2.05, 4.69) is 20.9 Å². The fourth-order valence-corrected chi connectivity index (χ4v) is 5.23. The zero-order valence-corrected chi connectivity index (χ0v) is 21.5. The molecule has 3 N–H and O–H groups in total. The van der Waals surface area contributed by atoms with Crippen LogP contribution in [0.15, 0.2) is 30.5 Å². The zero-order valence-electron chi connectivity index (χ0n) is 21.5. The number of halogens is 3. The number of rotatable bonds is 5. The van der Waals surface area contributed by atoms with E-state index in [1.807, 2.05) is 11.8 Å². The lowest BCUT2D eigenvalue weighted by molar-refractivity contribution is -0.136. The third-order valence-electron chi connectivity index (χ3n) is 6.63. The van der Waals surface area contributed by atoms with Gasteiger partial charge in [0.15, 0.2) is 0 Å². The minimum absolute atomic E-state index is 0.111. The van der Waals surface area contributed by atoms with Gasteiger partial charge in [-0.15, -0.1) is 0 Å². The number of benzene rings is 1. The molecule has 8 nitrogen and oxygen atoms in total. The minimum atomic E-state index is -4.54. The van der Waals surface area contributed by atoms with E-state index in [0.717, 1.165) is 12.6 Å². The highest BCUT2D eigenvalue weighted by molar-refractivity contribution is 5.88. The van der Waals surface area contributed by atoms with Crippen molar-refractivity contribution in [3.8, 4) is 0 Å². The van der Waals surface area contributed by atoms with Gasteiger partial charge in [0.1, 0.15) is 5.60 Å². The van der Waals surface area contributed by atoms with Crippen LogP contribution in [-0.4, -0.2) is 66.3 Å². The number of alkyl carbamates (subject to hydrolysis) is 1. The molecule has 2 saturated heterocycles. The quantitative estimate of drug-likeness (QED) is 0.558. The summed E-state index contributed by atoms with van der Waals surface area (Å²) in [6.07, 6.45) is -3.11. The molecule has 202 valence electrons. The summed E-state index contributed by atoms with van der Waals surface area (Å²) >= 11 is 0. The summed E-state index contributed by atoms with van der Waals surface area (Å²) in [6.45, 7) is 9.66. The molecule has 11 heteroatoms. The van der Waals surface area contributed by atoms with Crippen molar-refractivity contribution in [1.82, 2.24) is 25.8 Å². The normalized spacial score (nSPS) is 23.4. The fraction of sp³-hybridized carbons (Fsp3) is 0.577. The summed E-state index contributed by atoms with van der Waals surface area (Å²) in [4.78, 5) is 31.1. The number of aromatic nitrogens is 1. The van der Waals surface area contributed by atoms with Crippen molar-refractivity contribution in [2.75, 3.05) is 32.7 Å². The van der Waals surface area contributed by atoms with Gasteiger partial charge in [-0.25, -0.2) is 4.79 Å². The molecule has 37 heavy (non-hydrogen) atoms. The molecule has 0 saturated carbocycles. The van der Waals surface area contributed by atoms with Crippen LogP contribution in [0.25, 0.3) is 10.9 Å². The molecule has 1 aromatic carbocycles. The van der Waals surface area contributed by atoms with E-state index in [1.165, 1.54) is 12.3 Å². The lowest BCUT2D eigenvalue weighted by Gasteiger charge is -2.44. The number of amides is 2. The molecule has 2 fully saturated rings. The Morgan fingerprint density at radius 2 is 1.95 bits per heavy atom. The van der Waals surface area contributed by atoms with Crippen LogP contribution in [0.2, 0.25) is 0 Å². The van der Waals surface area contributed by atoms with Crippen LogP contribution < -0.4 is 16.0 Å². The molecule has 1 aromatic heterocycles. The van der Waals surface area contributed by atoms with Crippen LogP contribution in [0.1, 0.15) is 45.2 Å². The fourth-order valence-electron chi connectivity index (χ4n) is 5.23. The number of hydrogen-bond donors (Lipinski definition) is 3. The van der Waals surface area contributed by atoms with E-state index < -0.39 is 29.0 Å². The summed E-state index contributed by atoms with van der Waals surface area (Å²) < 4.78 is 46.3. The molecule has 3 heterocycles. The molecule has 2 aromatic rings. The van der Waals surface area contributed by atoms with Gasteiger partial charge in [0.25, 0.3) is 0 Å². The molecule has 0 aliphatic carbocycles. The number of fused-ring (bicyclic) bond motifs is 1. The van der Waals surface area contributed by atoms with Gasteiger partial charge in [0.05, 0.1) is 29.2 Å². The van der Waals surface area contributed by atoms with Crippen molar-refractivity contribution < 1.29 is 27.5 Å². The van der Waals surface area contributed by atoms with Crippen molar-refractivity contribution in [3.63, 3.8) is 0 Å². The van der Waals surface area contributed by atoms with Gasteiger partial charge in [-0.2, -0.15) is 13.2 Å². The molecular formula is C26H34F3N5O3. The first kappa shape index (κ1) is 27.1. The Bertz CT molecular complexity index is 1160. The third kappa shape index (κ3) is 6.32. The molecular weight excluding hydrogens is 487 g/mol. The summed E-state index contributed by atoms with van der Waals surface area (Å²) in [5.41, 5.74) is -1.79. The summed E-state index contributed by atoms with van der Waals surface area (Å²) in [5, 5.41) is 9.65. The number of hydrogen-bond acceptors (Lipinski definition) is 6. The van der Waals surface area contributed by atoms with Crippen molar-refractivity contribution in [3.05, 3.63) is 41.6 Å². The highest BCUT2D eigenvalue weighted by Crippen LogP contribution is 2.40. The van der Waals surface area contributed by atoms with Crippen LogP contribution in [0.3, 0.4) is 0 Å². The molecule has 2 aliphatic heterocycles. The van der Waals surface area contributed by atoms with Crippen LogP contribution in [0.5, 0.6) is 0 Å². The number of nitrogens with one attached hydrogen (secondary N) is 3. The maximum absolute atomic E-state index is 13.7. The van der Waals surface area contributed by atoms with E-state index in [9.17, 15) is 22.8 Å². The number of ether oxygens (including phenoxy) is 1. The first-order valence-corrected chi connectivity index (χ1v) is 12.4. The first-order chi connectivity index (χ1) is 17.3. The summed E-state index contributed by atoms with van der Waals surface area (Å²) in [6, 6.07) is 5.65. The molecule has 0 unspecified atom stereocenters. The molecule has 0 spiro atoms. The lowest BCUT2D eigenvalue weighted by Crippen LogP contribution is -2.63. The topological polar surface area (TPSA) is 95.6 Å². The second kappa shape index (κ2) is 10.1. The smallest absolute Gasteiger partial charge is 0.418 e. The second-order valence-electron chi connectivity index (χ2n) is 11.2. The van der Waals surface area contributed by atoms with Gasteiger partial charge >= 0.3 is 12.3 Å². The predicted molar refractivity (Wildman–Crippen MR) is 133 cm³/mol. The minimum Gasteiger partial charge on any atom is -0.444 e. The van der Waals surface area contributed by atoms with Crippen molar-refractivity contribution in [2.24, 2.45) is 5.92 Å². The summed E-state index contributed by atoms with van der Waals surface area (Å²) in [7, 11) is 0. The molecule has 2 atom stereocenters. The number of likely N-dealkylation sites (tertiary alicyclic amines) is 1. The second-order valence-corrected chi connectivity index (χ2v) is 11.2. The van der Waals surface area contributed by atoms with Gasteiger partial charge in [-0.3, -0.25) is 14.7 Å². The van der Waals surface area contributed by atoms with Gasteiger partial charge in [0.2, 0.25) is 5.91 Å². The molecule has 4 rings (SSSR count). The standard InChI is InChI=1S/C26H34F3N5O3/c1-16-10-25(15-30-11-16,19-7-8-20(26(27,28)29)22-18(19)6-5-9-31-22)33-21(35)14-34-12-17(13-34)32-23(36)37-24(2,3)4/h5-9,16-17,30H,10-15H2,1-4H3,(H,32,36)(H,33,35)/t16-,25-/m0/s1. The first-order valence-electron chi connectivity index (χ1n) is 12.4. The molecule has 2 amide bonds.